The number of fused-ring (bicyclic) bond motifs is 1. The first kappa shape index (κ1) is 19.2. The molecule has 0 atom stereocenters. The third-order valence-electron chi connectivity index (χ3n) is 4.76. The fraction of sp³-hybridized carbons (Fsp3) is 0.350. The van der Waals surface area contributed by atoms with Gasteiger partial charge in [-0.25, -0.2) is 4.68 Å². The van der Waals surface area contributed by atoms with Crippen molar-refractivity contribution in [2.75, 3.05) is 6.54 Å². The maximum Gasteiger partial charge on any atom is 0.276 e. The molecule has 0 fully saturated rings. The predicted molar refractivity (Wildman–Crippen MR) is 107 cm³/mol. The summed E-state index contributed by atoms with van der Waals surface area (Å²) in [6.45, 7) is 6.93. The van der Waals surface area contributed by atoms with Gasteiger partial charge in [0.15, 0.2) is 0 Å². The zero-order valence-corrected chi connectivity index (χ0v) is 16.5. The second-order valence-electron chi connectivity index (χ2n) is 6.59. The number of aryl methyl sites for hydroxylation is 2. The summed E-state index contributed by atoms with van der Waals surface area (Å²) in [5.41, 5.74) is 2.53. The molecule has 0 saturated carbocycles. The van der Waals surface area contributed by atoms with Gasteiger partial charge in [0, 0.05) is 34.9 Å². The Labute approximate surface area is 162 Å². The van der Waals surface area contributed by atoms with Crippen LogP contribution in [0.15, 0.2) is 35.3 Å². The van der Waals surface area contributed by atoms with Crippen LogP contribution < -0.4 is 10.9 Å². The average Bonchev–Trinajstić information content (AvgIpc) is 2.89. The molecule has 27 heavy (non-hydrogen) atoms. The predicted octanol–water partition coefficient (Wildman–Crippen LogP) is 3.04. The zero-order valence-electron chi connectivity index (χ0n) is 15.8. The number of rotatable bonds is 6. The smallest absolute Gasteiger partial charge is 0.276 e. The molecule has 7 heteroatoms. The molecule has 0 aliphatic rings. The van der Waals surface area contributed by atoms with Gasteiger partial charge >= 0.3 is 0 Å². The SMILES string of the molecule is CCCNC(=O)Cn1ncc2c(C)n(Cc3ccccc3Cl)c(C)c2c1=O. The summed E-state index contributed by atoms with van der Waals surface area (Å²) in [7, 11) is 0. The molecule has 3 rings (SSSR count). The number of carbonyl (C=O) groups excluding carboxylic acids is 1. The molecule has 2 heterocycles. The summed E-state index contributed by atoms with van der Waals surface area (Å²) < 4.78 is 3.29. The Hall–Kier alpha value is -2.60. The van der Waals surface area contributed by atoms with Crippen LogP contribution in [0.3, 0.4) is 0 Å². The van der Waals surface area contributed by atoms with E-state index >= 15 is 0 Å². The molecule has 0 aliphatic carbocycles. The first-order valence-electron chi connectivity index (χ1n) is 8.99. The van der Waals surface area contributed by atoms with E-state index in [1.807, 2.05) is 45.0 Å². The minimum Gasteiger partial charge on any atom is -0.355 e. The van der Waals surface area contributed by atoms with E-state index in [1.165, 1.54) is 4.68 Å². The Balaban J connectivity index is 2.01. The van der Waals surface area contributed by atoms with Crippen molar-refractivity contribution >= 4 is 28.3 Å². The van der Waals surface area contributed by atoms with E-state index in [0.717, 1.165) is 28.8 Å². The molecule has 0 bridgehead atoms. The lowest BCUT2D eigenvalue weighted by Gasteiger charge is -2.10. The molecule has 0 aliphatic heterocycles. The van der Waals surface area contributed by atoms with Gasteiger partial charge in [0.05, 0.1) is 11.6 Å². The molecular weight excluding hydrogens is 364 g/mol. The summed E-state index contributed by atoms with van der Waals surface area (Å²) in [5.74, 6) is -0.212. The van der Waals surface area contributed by atoms with Crippen LogP contribution in [-0.2, 0) is 17.9 Å². The second-order valence-corrected chi connectivity index (χ2v) is 7.00. The van der Waals surface area contributed by atoms with Gasteiger partial charge in [0.25, 0.3) is 5.56 Å². The van der Waals surface area contributed by atoms with E-state index < -0.39 is 0 Å². The van der Waals surface area contributed by atoms with Crippen LogP contribution in [0.25, 0.3) is 10.8 Å². The fourth-order valence-electron chi connectivity index (χ4n) is 3.25. The third kappa shape index (κ3) is 3.76. The fourth-order valence-corrected chi connectivity index (χ4v) is 3.44. The van der Waals surface area contributed by atoms with Crippen molar-refractivity contribution in [1.29, 1.82) is 0 Å². The van der Waals surface area contributed by atoms with E-state index in [4.69, 9.17) is 11.6 Å². The highest BCUT2D eigenvalue weighted by Gasteiger charge is 2.17. The summed E-state index contributed by atoms with van der Waals surface area (Å²) in [6, 6.07) is 7.66. The van der Waals surface area contributed by atoms with Crippen LogP contribution in [0.5, 0.6) is 0 Å². The number of hydrogen-bond acceptors (Lipinski definition) is 3. The molecule has 1 amide bonds. The van der Waals surface area contributed by atoms with Crippen molar-refractivity contribution in [3.05, 3.63) is 62.8 Å². The van der Waals surface area contributed by atoms with Crippen molar-refractivity contribution in [3.8, 4) is 0 Å². The molecule has 1 aromatic carbocycles. The van der Waals surface area contributed by atoms with Crippen LogP contribution >= 0.6 is 11.6 Å². The maximum atomic E-state index is 12.9. The van der Waals surface area contributed by atoms with Crippen LogP contribution in [0.1, 0.15) is 30.3 Å². The normalized spacial score (nSPS) is 11.1. The van der Waals surface area contributed by atoms with Crippen molar-refractivity contribution in [2.45, 2.75) is 40.3 Å². The minimum absolute atomic E-state index is 0.0804. The minimum atomic E-state index is -0.252. The molecule has 1 N–H and O–H groups in total. The second kappa shape index (κ2) is 7.96. The highest BCUT2D eigenvalue weighted by molar-refractivity contribution is 6.31. The Morgan fingerprint density at radius 1 is 1.22 bits per heavy atom. The van der Waals surface area contributed by atoms with E-state index in [0.29, 0.717) is 23.5 Å². The van der Waals surface area contributed by atoms with Gasteiger partial charge < -0.3 is 9.88 Å². The molecular formula is C20H23ClN4O2. The number of nitrogens with zero attached hydrogens (tertiary/aromatic N) is 3. The molecule has 142 valence electrons. The highest BCUT2D eigenvalue weighted by Crippen LogP contribution is 2.25. The van der Waals surface area contributed by atoms with Crippen molar-refractivity contribution in [1.82, 2.24) is 19.7 Å². The largest absolute Gasteiger partial charge is 0.355 e. The van der Waals surface area contributed by atoms with E-state index in [-0.39, 0.29) is 18.0 Å². The highest BCUT2D eigenvalue weighted by atomic mass is 35.5. The van der Waals surface area contributed by atoms with Crippen molar-refractivity contribution in [3.63, 3.8) is 0 Å². The van der Waals surface area contributed by atoms with E-state index in [2.05, 4.69) is 15.0 Å². The Morgan fingerprint density at radius 3 is 2.67 bits per heavy atom. The van der Waals surface area contributed by atoms with Gasteiger partial charge in [-0.05, 0) is 31.9 Å². The van der Waals surface area contributed by atoms with Crippen molar-refractivity contribution in [2.24, 2.45) is 0 Å². The van der Waals surface area contributed by atoms with Gasteiger partial charge in [-0.3, -0.25) is 9.59 Å². The van der Waals surface area contributed by atoms with Gasteiger partial charge in [0.1, 0.15) is 6.54 Å². The Kier molecular flexibility index (Phi) is 5.65. The standard InChI is InChI=1S/C20H23ClN4O2/c1-4-9-22-18(26)12-25-20(27)19-14(3)24(13(2)16(19)10-23-25)11-15-7-5-6-8-17(15)21/h5-8,10H,4,9,11-12H2,1-3H3,(H,22,26). The summed E-state index contributed by atoms with van der Waals surface area (Å²) in [5, 5.41) is 9.05. The van der Waals surface area contributed by atoms with Gasteiger partial charge in [-0.1, -0.05) is 36.7 Å². The topological polar surface area (TPSA) is 68.9 Å². The molecule has 0 spiro atoms. The van der Waals surface area contributed by atoms with Crippen LogP contribution in [0.4, 0.5) is 0 Å². The molecule has 3 aromatic rings. The first-order chi connectivity index (χ1) is 12.9. The number of hydrogen-bond donors (Lipinski definition) is 1. The number of halogens is 1. The van der Waals surface area contributed by atoms with Gasteiger partial charge in [0.2, 0.25) is 5.91 Å². The third-order valence-corrected chi connectivity index (χ3v) is 5.13. The Bertz CT molecular complexity index is 1050. The summed E-state index contributed by atoms with van der Waals surface area (Å²) in [4.78, 5) is 24.9. The lowest BCUT2D eigenvalue weighted by Crippen LogP contribution is -2.34. The average molecular weight is 387 g/mol. The van der Waals surface area contributed by atoms with Gasteiger partial charge in [-0.15, -0.1) is 0 Å². The quantitative estimate of drug-likeness (QED) is 0.707. The van der Waals surface area contributed by atoms with Crippen molar-refractivity contribution < 1.29 is 4.79 Å². The lowest BCUT2D eigenvalue weighted by atomic mass is 10.2. The first-order valence-corrected chi connectivity index (χ1v) is 9.37. The lowest BCUT2D eigenvalue weighted by molar-refractivity contribution is -0.121. The number of carbonyl (C=O) groups is 1. The molecule has 0 saturated heterocycles. The zero-order chi connectivity index (χ0) is 19.6. The van der Waals surface area contributed by atoms with Crippen LogP contribution in [0.2, 0.25) is 5.02 Å². The van der Waals surface area contributed by atoms with E-state index in [9.17, 15) is 9.59 Å². The maximum absolute atomic E-state index is 12.9. The summed E-state index contributed by atoms with van der Waals surface area (Å²) in [6.07, 6.45) is 2.51. The number of nitrogens with one attached hydrogen (secondary N) is 1. The van der Waals surface area contributed by atoms with Crippen LogP contribution in [0, 0.1) is 13.8 Å². The molecule has 0 radical (unpaired) electrons. The Morgan fingerprint density at radius 2 is 1.96 bits per heavy atom. The number of benzene rings is 1. The monoisotopic (exact) mass is 386 g/mol. The number of aromatic nitrogens is 3. The van der Waals surface area contributed by atoms with E-state index in [1.54, 1.807) is 6.20 Å². The van der Waals surface area contributed by atoms with Crippen LogP contribution in [-0.4, -0.2) is 26.8 Å². The van der Waals surface area contributed by atoms with Gasteiger partial charge in [-0.2, -0.15) is 5.10 Å². The molecule has 2 aromatic heterocycles. The molecule has 0 unspecified atom stereocenters. The number of amides is 1. The molecule has 6 nitrogen and oxygen atoms in total. The summed E-state index contributed by atoms with van der Waals surface area (Å²) >= 11 is 6.30.